The zero-order valence-electron chi connectivity index (χ0n) is 23.8. The summed E-state index contributed by atoms with van der Waals surface area (Å²) in [5.41, 5.74) is 6.26. The molecule has 4 aliphatic rings. The topological polar surface area (TPSA) is 165 Å². The first-order chi connectivity index (χ1) is 19.9. The zero-order chi connectivity index (χ0) is 30.1. The van der Waals surface area contributed by atoms with Crippen LogP contribution in [0.15, 0.2) is 42.0 Å². The number of aliphatic hydroxyl groups is 3. The van der Waals surface area contributed by atoms with Crippen LogP contribution in [0.3, 0.4) is 0 Å². The fraction of sp³-hybridized carbons (Fsp3) is 0.469. The summed E-state index contributed by atoms with van der Waals surface area (Å²) in [5.74, 6) is -7.46. The normalized spacial score (nSPS) is 31.2. The van der Waals surface area contributed by atoms with Crippen molar-refractivity contribution in [1.82, 2.24) is 9.80 Å². The van der Waals surface area contributed by atoms with Gasteiger partial charge in [0.15, 0.2) is 11.4 Å². The summed E-state index contributed by atoms with van der Waals surface area (Å²) in [6.07, 6.45) is 1.26. The number of likely N-dealkylation sites (N-methyl/N-ethyl adjacent to an activating group) is 1. The van der Waals surface area contributed by atoms with Gasteiger partial charge in [-0.15, -0.1) is 0 Å². The van der Waals surface area contributed by atoms with Gasteiger partial charge in [-0.3, -0.25) is 19.3 Å². The molecular formula is C32H37N3O7. The Morgan fingerprint density at radius 2 is 1.74 bits per heavy atom. The molecule has 1 heterocycles. The van der Waals surface area contributed by atoms with E-state index in [1.165, 1.54) is 24.5 Å². The highest BCUT2D eigenvalue weighted by Crippen LogP contribution is 2.53. The highest BCUT2D eigenvalue weighted by atomic mass is 16.3. The minimum atomic E-state index is -2.66. The molecule has 0 bridgehead atoms. The van der Waals surface area contributed by atoms with Gasteiger partial charge in [0, 0.05) is 24.1 Å². The number of hydrogen-bond acceptors (Lipinski definition) is 9. The third-order valence-corrected chi connectivity index (χ3v) is 9.84. The predicted octanol–water partition coefficient (Wildman–Crippen LogP) is 1.39. The molecule has 1 saturated heterocycles. The van der Waals surface area contributed by atoms with Crippen LogP contribution in [0, 0.1) is 17.8 Å². The van der Waals surface area contributed by atoms with E-state index in [4.69, 9.17) is 5.73 Å². The number of carbonyl (C=O) groups excluding carboxylic acids is 3. The second kappa shape index (κ2) is 10.3. The van der Waals surface area contributed by atoms with E-state index in [-0.39, 0.29) is 29.7 Å². The third-order valence-electron chi connectivity index (χ3n) is 9.84. The number of rotatable bonds is 5. The number of nitrogens with zero attached hydrogens (tertiary/aromatic N) is 2. The number of benzene rings is 2. The Bertz CT molecular complexity index is 1490. The van der Waals surface area contributed by atoms with Crippen molar-refractivity contribution in [3.05, 3.63) is 58.7 Å². The summed E-state index contributed by atoms with van der Waals surface area (Å²) in [7, 11) is 3.27. The number of carbonyl (C=O) groups is 3. The molecule has 3 aliphatic carbocycles. The number of phenols is 1. The lowest BCUT2D eigenvalue weighted by molar-refractivity contribution is -0.184. The smallest absolute Gasteiger partial charge is 0.230 e. The van der Waals surface area contributed by atoms with Crippen molar-refractivity contribution >= 4 is 23.2 Å². The zero-order valence-corrected chi connectivity index (χ0v) is 23.8. The Hall–Kier alpha value is -3.57. The Labute approximate surface area is 244 Å². The van der Waals surface area contributed by atoms with Crippen LogP contribution in [0.25, 0.3) is 16.9 Å². The van der Waals surface area contributed by atoms with Crippen molar-refractivity contribution < 1.29 is 34.8 Å². The summed E-state index contributed by atoms with van der Waals surface area (Å²) in [5, 5.41) is 45.2. The minimum absolute atomic E-state index is 0.0854. The second-order valence-electron chi connectivity index (χ2n) is 12.5. The fourth-order valence-electron chi connectivity index (χ4n) is 7.86. The van der Waals surface area contributed by atoms with Crippen LogP contribution in [0.1, 0.15) is 36.0 Å². The SMILES string of the molecule is CN(C)C1C(O)C(C(N)=O)C(=O)[C@@]2(O)C(=O)C3=C(O)c4c(O)ccc(-c5ccc(CN6CCCC6)cc5)c4C[C@H]3C[C@@H]12. The average Bonchev–Trinajstić information content (AvgIpc) is 3.44. The number of primary amides is 1. The number of aromatic hydroxyl groups is 1. The number of fused-ring (bicyclic) bond motifs is 3. The first-order valence-electron chi connectivity index (χ1n) is 14.5. The van der Waals surface area contributed by atoms with E-state index in [0.29, 0.717) is 5.56 Å². The quantitative estimate of drug-likeness (QED) is 0.331. The molecule has 2 aromatic rings. The molecule has 3 fully saturated rings. The summed E-state index contributed by atoms with van der Waals surface area (Å²) >= 11 is 0. The van der Waals surface area contributed by atoms with Gasteiger partial charge in [0.25, 0.3) is 0 Å². The van der Waals surface area contributed by atoms with Crippen LogP contribution in [-0.2, 0) is 27.3 Å². The molecule has 10 nitrogen and oxygen atoms in total. The Balaban J connectivity index is 1.42. The van der Waals surface area contributed by atoms with E-state index in [9.17, 15) is 34.8 Å². The number of aliphatic hydroxyl groups excluding tert-OH is 2. The van der Waals surface area contributed by atoms with Crippen molar-refractivity contribution in [3.63, 3.8) is 0 Å². The lowest BCUT2D eigenvalue weighted by atomic mass is 9.54. The standard InChI is InChI=1S/C32H37N3O7/c1-34(2)26-21-14-18-13-20-19(17-7-5-16(6-8-17)15-35-11-3-4-12-35)9-10-22(36)24(20)27(37)23(18)29(39)32(21,42)30(40)25(28(26)38)31(33)41/h5-10,18,21,25-26,28,36-38,42H,3-4,11-15H2,1-2H3,(H2,33,41)/t18-,21-,25?,26?,28?,32-/m0/s1. The van der Waals surface area contributed by atoms with Gasteiger partial charge in [0.05, 0.1) is 11.7 Å². The average molecular weight is 576 g/mol. The molecule has 3 unspecified atom stereocenters. The highest BCUT2D eigenvalue weighted by Gasteiger charge is 2.67. The van der Waals surface area contributed by atoms with E-state index in [1.807, 2.05) is 12.1 Å². The maximum absolute atomic E-state index is 14.0. The summed E-state index contributed by atoms with van der Waals surface area (Å²) < 4.78 is 0. The highest BCUT2D eigenvalue weighted by molar-refractivity contribution is 6.25. The van der Waals surface area contributed by atoms with Gasteiger partial charge in [0.1, 0.15) is 17.4 Å². The molecule has 0 radical (unpaired) electrons. The largest absolute Gasteiger partial charge is 0.507 e. The van der Waals surface area contributed by atoms with E-state index in [2.05, 4.69) is 17.0 Å². The molecule has 1 aliphatic heterocycles. The summed E-state index contributed by atoms with van der Waals surface area (Å²) in [4.78, 5) is 43.7. The Morgan fingerprint density at radius 1 is 1.07 bits per heavy atom. The molecule has 10 heteroatoms. The number of phenolic OH excluding ortho intramolecular Hbond substituents is 1. The number of amides is 1. The van der Waals surface area contributed by atoms with Gasteiger partial charge in [0.2, 0.25) is 11.7 Å². The third kappa shape index (κ3) is 4.19. The van der Waals surface area contributed by atoms with Crippen LogP contribution >= 0.6 is 0 Å². The molecule has 2 aromatic carbocycles. The molecule has 1 amide bonds. The Kier molecular flexibility index (Phi) is 7.00. The number of Topliss-reactive ketones (excluding diaryl/α,β-unsaturated/α-hetero) is 2. The fourth-order valence-corrected chi connectivity index (χ4v) is 7.86. The van der Waals surface area contributed by atoms with Gasteiger partial charge < -0.3 is 31.1 Å². The molecule has 222 valence electrons. The van der Waals surface area contributed by atoms with Crippen LogP contribution in [0.5, 0.6) is 5.75 Å². The lowest BCUT2D eigenvalue weighted by Crippen LogP contribution is -2.73. The van der Waals surface area contributed by atoms with Crippen molar-refractivity contribution in [2.45, 2.75) is 50.0 Å². The first kappa shape index (κ1) is 28.5. The lowest BCUT2D eigenvalue weighted by Gasteiger charge is -2.53. The second-order valence-corrected chi connectivity index (χ2v) is 12.5. The van der Waals surface area contributed by atoms with Gasteiger partial charge >= 0.3 is 0 Å². The molecule has 0 aromatic heterocycles. The van der Waals surface area contributed by atoms with Crippen LogP contribution in [-0.4, -0.2) is 92.6 Å². The number of hydrogen-bond donors (Lipinski definition) is 5. The molecule has 6 rings (SSSR count). The van der Waals surface area contributed by atoms with Gasteiger partial charge in [-0.25, -0.2) is 0 Å². The monoisotopic (exact) mass is 575 g/mol. The van der Waals surface area contributed by atoms with Crippen LogP contribution < -0.4 is 5.73 Å². The van der Waals surface area contributed by atoms with Gasteiger partial charge in [-0.05, 0) is 87.1 Å². The van der Waals surface area contributed by atoms with E-state index in [0.717, 1.165) is 30.8 Å². The number of ketones is 2. The maximum Gasteiger partial charge on any atom is 0.230 e. The van der Waals surface area contributed by atoms with Crippen LogP contribution in [0.4, 0.5) is 0 Å². The van der Waals surface area contributed by atoms with Crippen molar-refractivity contribution in [1.29, 1.82) is 0 Å². The molecule has 2 saturated carbocycles. The summed E-state index contributed by atoms with van der Waals surface area (Å²) in [6.45, 7) is 3.07. The maximum atomic E-state index is 14.0. The molecule has 0 spiro atoms. The van der Waals surface area contributed by atoms with E-state index < -0.39 is 58.7 Å². The molecule has 42 heavy (non-hydrogen) atoms. The number of nitrogens with two attached hydrogens (primary N) is 1. The van der Waals surface area contributed by atoms with Gasteiger partial charge in [-0.1, -0.05) is 30.3 Å². The Morgan fingerprint density at radius 3 is 2.36 bits per heavy atom. The first-order valence-corrected chi connectivity index (χ1v) is 14.5. The number of likely N-dealkylation sites (tertiary alicyclic amines) is 1. The minimum Gasteiger partial charge on any atom is -0.507 e. The van der Waals surface area contributed by atoms with Gasteiger partial charge in [-0.2, -0.15) is 0 Å². The predicted molar refractivity (Wildman–Crippen MR) is 154 cm³/mol. The van der Waals surface area contributed by atoms with E-state index in [1.54, 1.807) is 25.1 Å². The molecule has 6 N–H and O–H groups in total. The molecule has 6 atom stereocenters. The van der Waals surface area contributed by atoms with Crippen molar-refractivity contribution in [2.75, 3.05) is 27.2 Å². The molecular weight excluding hydrogens is 538 g/mol. The van der Waals surface area contributed by atoms with Crippen molar-refractivity contribution in [2.24, 2.45) is 23.5 Å². The van der Waals surface area contributed by atoms with E-state index >= 15 is 0 Å². The summed E-state index contributed by atoms with van der Waals surface area (Å²) in [6, 6.07) is 10.5. The van der Waals surface area contributed by atoms with Crippen molar-refractivity contribution in [3.8, 4) is 16.9 Å². The van der Waals surface area contributed by atoms with Crippen LogP contribution in [0.2, 0.25) is 0 Å².